The lowest BCUT2D eigenvalue weighted by Gasteiger charge is -2.28. The zero-order chi connectivity index (χ0) is 28.2. The van der Waals surface area contributed by atoms with E-state index >= 15 is 0 Å². The number of benzene rings is 3. The molecule has 1 aliphatic heterocycles. The molecule has 2 fully saturated rings. The summed E-state index contributed by atoms with van der Waals surface area (Å²) in [7, 11) is 2.99. The molecule has 0 radical (unpaired) electrons. The van der Waals surface area contributed by atoms with Crippen molar-refractivity contribution in [2.75, 3.05) is 31.0 Å². The molecule has 3 aromatic carbocycles. The Morgan fingerprint density at radius 2 is 1.60 bits per heavy atom. The summed E-state index contributed by atoms with van der Waals surface area (Å²) < 4.78 is 15.5. The van der Waals surface area contributed by atoms with Gasteiger partial charge in [-0.25, -0.2) is 4.79 Å². The Morgan fingerprint density at radius 3 is 2.30 bits per heavy atom. The molecule has 1 heterocycles. The largest absolute Gasteiger partial charge is 0.497 e. The molecule has 0 bridgehead atoms. The number of imide groups is 1. The second kappa shape index (κ2) is 11.6. The van der Waals surface area contributed by atoms with Crippen molar-refractivity contribution in [3.63, 3.8) is 0 Å². The number of nitrogens with one attached hydrogen (secondary N) is 1. The maximum Gasteiger partial charge on any atom is 0.338 e. The van der Waals surface area contributed by atoms with Gasteiger partial charge in [0.2, 0.25) is 11.8 Å². The highest BCUT2D eigenvalue weighted by atomic mass is 16.5. The number of hydrogen-bond acceptors (Lipinski definition) is 7. The van der Waals surface area contributed by atoms with Crippen LogP contribution in [0.3, 0.4) is 0 Å². The topological polar surface area (TPSA) is 111 Å². The number of methoxy groups -OCH3 is 2. The molecule has 1 saturated carbocycles. The summed E-state index contributed by atoms with van der Waals surface area (Å²) in [5.74, 6) is -1.09. The summed E-state index contributed by atoms with van der Waals surface area (Å²) in [6, 6.07) is 21.1. The van der Waals surface area contributed by atoms with E-state index in [4.69, 9.17) is 14.2 Å². The lowest BCUT2D eigenvalue weighted by Crippen LogP contribution is -2.30. The van der Waals surface area contributed by atoms with E-state index in [9.17, 15) is 19.2 Å². The fourth-order valence-electron chi connectivity index (χ4n) is 5.51. The number of rotatable bonds is 8. The predicted octanol–water partition coefficient (Wildman–Crippen LogP) is 4.57. The van der Waals surface area contributed by atoms with Gasteiger partial charge in [0.15, 0.2) is 6.61 Å². The molecule has 206 valence electrons. The van der Waals surface area contributed by atoms with Gasteiger partial charge in [-0.3, -0.25) is 19.3 Å². The van der Waals surface area contributed by atoms with Gasteiger partial charge in [-0.05, 0) is 67.1 Å². The van der Waals surface area contributed by atoms with Gasteiger partial charge in [-0.1, -0.05) is 30.3 Å². The molecule has 2 aliphatic rings. The summed E-state index contributed by atoms with van der Waals surface area (Å²) in [5.41, 5.74) is 2.21. The first-order valence-electron chi connectivity index (χ1n) is 13.1. The van der Waals surface area contributed by atoms with Crippen LogP contribution in [0.1, 0.15) is 41.1 Å². The SMILES string of the molecule is COc1ccc(NC(=O)COC(=O)c2ccc(N3C(=O)[C@@H]4CC[C@H](c5ccccc5)C[C@H]4C3=O)cc2)c(OC)c1. The van der Waals surface area contributed by atoms with Crippen molar-refractivity contribution < 1.29 is 33.4 Å². The number of esters is 1. The van der Waals surface area contributed by atoms with E-state index in [-0.39, 0.29) is 35.1 Å². The number of fused-ring (bicyclic) bond motifs is 1. The van der Waals surface area contributed by atoms with Crippen LogP contribution in [0.4, 0.5) is 11.4 Å². The molecular weight excluding hydrogens is 512 g/mol. The van der Waals surface area contributed by atoms with Crippen LogP contribution in [-0.4, -0.2) is 44.5 Å². The first kappa shape index (κ1) is 26.9. The number of carbonyl (C=O) groups excluding carboxylic acids is 4. The molecule has 0 spiro atoms. The summed E-state index contributed by atoms with van der Waals surface area (Å²) >= 11 is 0. The molecule has 3 aromatic rings. The van der Waals surface area contributed by atoms with E-state index in [0.717, 1.165) is 6.42 Å². The van der Waals surface area contributed by atoms with E-state index < -0.39 is 18.5 Å². The maximum atomic E-state index is 13.3. The molecular formula is C31H30N2O7. The fourth-order valence-corrected chi connectivity index (χ4v) is 5.51. The zero-order valence-electron chi connectivity index (χ0n) is 22.3. The zero-order valence-corrected chi connectivity index (χ0v) is 22.3. The first-order chi connectivity index (χ1) is 19.4. The lowest BCUT2D eigenvalue weighted by molar-refractivity contribution is -0.122. The molecule has 3 amide bonds. The first-order valence-corrected chi connectivity index (χ1v) is 13.1. The minimum atomic E-state index is -0.707. The number of carbonyl (C=O) groups is 4. The van der Waals surface area contributed by atoms with Gasteiger partial charge >= 0.3 is 5.97 Å². The molecule has 40 heavy (non-hydrogen) atoms. The number of nitrogens with zero attached hydrogens (tertiary/aromatic N) is 1. The Labute approximate surface area is 232 Å². The number of hydrogen-bond donors (Lipinski definition) is 1. The Kier molecular flexibility index (Phi) is 7.82. The predicted molar refractivity (Wildman–Crippen MR) is 147 cm³/mol. The van der Waals surface area contributed by atoms with Crippen molar-refractivity contribution in [3.05, 3.63) is 83.9 Å². The lowest BCUT2D eigenvalue weighted by atomic mass is 9.73. The van der Waals surface area contributed by atoms with Gasteiger partial charge in [0, 0.05) is 6.07 Å². The monoisotopic (exact) mass is 542 g/mol. The number of ether oxygens (including phenoxy) is 3. The highest BCUT2D eigenvalue weighted by Crippen LogP contribution is 2.45. The van der Waals surface area contributed by atoms with Crippen LogP contribution in [0.15, 0.2) is 72.8 Å². The third-order valence-corrected chi connectivity index (χ3v) is 7.57. The molecule has 0 aromatic heterocycles. The van der Waals surface area contributed by atoms with Crippen molar-refractivity contribution in [2.45, 2.75) is 25.2 Å². The van der Waals surface area contributed by atoms with Crippen LogP contribution in [0, 0.1) is 11.8 Å². The van der Waals surface area contributed by atoms with Crippen LogP contribution in [0.5, 0.6) is 11.5 Å². The van der Waals surface area contributed by atoms with Crippen LogP contribution >= 0.6 is 0 Å². The molecule has 9 nitrogen and oxygen atoms in total. The van der Waals surface area contributed by atoms with Gasteiger partial charge in [-0.15, -0.1) is 0 Å². The maximum absolute atomic E-state index is 13.3. The van der Waals surface area contributed by atoms with E-state index in [2.05, 4.69) is 17.4 Å². The molecule has 9 heteroatoms. The summed E-state index contributed by atoms with van der Waals surface area (Å²) in [4.78, 5) is 52.6. The highest BCUT2D eigenvalue weighted by molar-refractivity contribution is 6.22. The second-order valence-corrected chi connectivity index (χ2v) is 9.88. The summed E-state index contributed by atoms with van der Waals surface area (Å²) in [6.45, 7) is -0.509. The third kappa shape index (κ3) is 5.40. The molecule has 1 saturated heterocycles. The van der Waals surface area contributed by atoms with Gasteiger partial charge in [0.05, 0.1) is 43.0 Å². The van der Waals surface area contributed by atoms with Crippen LogP contribution < -0.4 is 19.7 Å². The molecule has 5 rings (SSSR count). The van der Waals surface area contributed by atoms with Crippen LogP contribution in [0.25, 0.3) is 0 Å². The van der Waals surface area contributed by atoms with Crippen LogP contribution in [0.2, 0.25) is 0 Å². The van der Waals surface area contributed by atoms with Gasteiger partial charge < -0.3 is 19.5 Å². The van der Waals surface area contributed by atoms with Crippen molar-refractivity contribution in [2.24, 2.45) is 11.8 Å². The van der Waals surface area contributed by atoms with E-state index in [1.165, 1.54) is 36.8 Å². The van der Waals surface area contributed by atoms with Crippen molar-refractivity contribution >= 4 is 35.1 Å². The van der Waals surface area contributed by atoms with Crippen LogP contribution in [-0.2, 0) is 19.1 Å². The smallest absolute Gasteiger partial charge is 0.338 e. The van der Waals surface area contributed by atoms with E-state index in [1.54, 1.807) is 30.3 Å². The normalized spacial score (nSPS) is 20.1. The Balaban J connectivity index is 1.19. The van der Waals surface area contributed by atoms with Gasteiger partial charge in [0.25, 0.3) is 5.91 Å². The Hall–Kier alpha value is -4.66. The minimum absolute atomic E-state index is 0.192. The average molecular weight is 543 g/mol. The number of anilines is 2. The minimum Gasteiger partial charge on any atom is -0.497 e. The van der Waals surface area contributed by atoms with Crippen molar-refractivity contribution in [1.29, 1.82) is 0 Å². The Bertz CT molecular complexity index is 1420. The third-order valence-electron chi connectivity index (χ3n) is 7.57. The average Bonchev–Trinajstić information content (AvgIpc) is 3.25. The molecule has 1 N–H and O–H groups in total. The van der Waals surface area contributed by atoms with Crippen molar-refractivity contribution in [1.82, 2.24) is 0 Å². The Morgan fingerprint density at radius 1 is 0.875 bits per heavy atom. The van der Waals surface area contributed by atoms with E-state index in [0.29, 0.717) is 35.7 Å². The fraction of sp³-hybridized carbons (Fsp3) is 0.290. The number of amides is 3. The summed E-state index contributed by atoms with van der Waals surface area (Å²) in [5, 5.41) is 2.63. The standard InChI is InChI=1S/C31H30N2O7/c1-38-23-13-15-26(27(17-23)39-2)32-28(34)18-40-31(37)20-8-11-22(12-9-20)33-29(35)24-14-10-21(16-25(24)30(33)36)19-6-4-3-5-7-19/h3-9,11-13,15,17,21,24-25H,10,14,16,18H2,1-2H3,(H,32,34)/t21-,24+,25+/m0/s1. The summed E-state index contributed by atoms with van der Waals surface area (Å²) in [6.07, 6.45) is 2.17. The molecule has 3 atom stereocenters. The van der Waals surface area contributed by atoms with Crippen molar-refractivity contribution in [3.8, 4) is 11.5 Å². The van der Waals surface area contributed by atoms with Gasteiger partial charge in [0.1, 0.15) is 11.5 Å². The highest BCUT2D eigenvalue weighted by Gasteiger charge is 2.50. The second-order valence-electron chi connectivity index (χ2n) is 9.88. The molecule has 0 unspecified atom stereocenters. The van der Waals surface area contributed by atoms with Gasteiger partial charge in [-0.2, -0.15) is 0 Å². The van der Waals surface area contributed by atoms with E-state index in [1.807, 2.05) is 18.2 Å². The molecule has 1 aliphatic carbocycles. The quantitative estimate of drug-likeness (QED) is 0.328.